The first kappa shape index (κ1) is 13.2. The van der Waals surface area contributed by atoms with Crippen molar-refractivity contribution in [2.24, 2.45) is 5.41 Å². The molecule has 1 unspecified atom stereocenters. The minimum Gasteiger partial charge on any atom is -0.484 e. The highest BCUT2D eigenvalue weighted by Crippen LogP contribution is 2.33. The van der Waals surface area contributed by atoms with E-state index in [1.165, 1.54) is 5.56 Å². The average Bonchev–Trinajstić information content (AvgIpc) is 2.67. The number of ether oxygens (including phenoxy) is 1. The molecule has 0 bridgehead atoms. The van der Waals surface area contributed by atoms with E-state index in [1.807, 2.05) is 12.1 Å². The number of fused-ring (bicyclic) bond motifs is 1. The van der Waals surface area contributed by atoms with Crippen molar-refractivity contribution in [3.8, 4) is 17.6 Å². The molecule has 0 aromatic heterocycles. The zero-order chi connectivity index (χ0) is 13.3. The van der Waals surface area contributed by atoms with E-state index in [9.17, 15) is 0 Å². The lowest BCUT2D eigenvalue weighted by Crippen LogP contribution is -2.14. The third-order valence-electron chi connectivity index (χ3n) is 2.68. The van der Waals surface area contributed by atoms with Crippen molar-refractivity contribution in [3.05, 3.63) is 40.4 Å². The van der Waals surface area contributed by atoms with Crippen LogP contribution in [0.3, 0.4) is 0 Å². The van der Waals surface area contributed by atoms with Crippen LogP contribution in [0.25, 0.3) is 0 Å². The fourth-order valence-electron chi connectivity index (χ4n) is 1.76. The molecule has 0 fully saturated rings. The molecule has 18 heavy (non-hydrogen) atoms. The van der Waals surface area contributed by atoms with Crippen molar-refractivity contribution in [2.75, 3.05) is 0 Å². The van der Waals surface area contributed by atoms with Crippen LogP contribution in [0.2, 0.25) is 0 Å². The fraction of sp³-hybridized carbons (Fsp3) is 0.375. The predicted molar refractivity (Wildman–Crippen MR) is 78.6 cm³/mol. The molecule has 1 aromatic rings. The third kappa shape index (κ3) is 3.17. The van der Waals surface area contributed by atoms with Gasteiger partial charge in [0.1, 0.15) is 11.9 Å². The van der Waals surface area contributed by atoms with Crippen molar-refractivity contribution in [3.63, 3.8) is 0 Å². The van der Waals surface area contributed by atoms with Crippen molar-refractivity contribution >= 4 is 15.9 Å². The molecule has 0 spiro atoms. The largest absolute Gasteiger partial charge is 0.484 e. The highest BCUT2D eigenvalue weighted by Gasteiger charge is 2.24. The Balaban J connectivity index is 2.11. The predicted octanol–water partition coefficient (Wildman–Crippen LogP) is 4.36. The molecule has 0 aliphatic carbocycles. The number of hydrogen-bond acceptors (Lipinski definition) is 1. The van der Waals surface area contributed by atoms with E-state index in [-0.39, 0.29) is 11.5 Å². The topological polar surface area (TPSA) is 9.23 Å². The van der Waals surface area contributed by atoms with Gasteiger partial charge in [-0.2, -0.15) is 0 Å². The number of hydrogen-bond donors (Lipinski definition) is 0. The quantitative estimate of drug-likeness (QED) is 0.701. The minimum atomic E-state index is -0.0100. The third-order valence-corrected chi connectivity index (χ3v) is 3.18. The summed E-state index contributed by atoms with van der Waals surface area (Å²) >= 11 is 3.47. The lowest BCUT2D eigenvalue weighted by atomic mass is 9.96. The van der Waals surface area contributed by atoms with E-state index in [4.69, 9.17) is 4.74 Å². The fourth-order valence-corrected chi connectivity index (χ4v) is 2.17. The van der Waals surface area contributed by atoms with Crippen molar-refractivity contribution in [2.45, 2.75) is 33.3 Å². The van der Waals surface area contributed by atoms with Crippen LogP contribution in [0.15, 0.2) is 34.8 Å². The molecule has 1 atom stereocenters. The zero-order valence-corrected chi connectivity index (χ0v) is 12.6. The van der Waals surface area contributed by atoms with Crippen LogP contribution in [-0.4, -0.2) is 6.10 Å². The summed E-state index contributed by atoms with van der Waals surface area (Å²) in [5, 5.41) is 0. The number of rotatable bonds is 1. The van der Waals surface area contributed by atoms with Crippen molar-refractivity contribution in [1.29, 1.82) is 0 Å². The molecule has 1 heterocycles. The van der Waals surface area contributed by atoms with Crippen LogP contribution in [0.5, 0.6) is 5.75 Å². The van der Waals surface area contributed by atoms with Gasteiger partial charge in [-0.3, -0.25) is 0 Å². The van der Waals surface area contributed by atoms with Gasteiger partial charge in [0.25, 0.3) is 0 Å². The van der Waals surface area contributed by atoms with E-state index in [0.29, 0.717) is 0 Å². The first-order valence-corrected chi connectivity index (χ1v) is 6.81. The molecule has 0 N–H and O–H groups in total. The van der Waals surface area contributed by atoms with Crippen LogP contribution in [0.1, 0.15) is 26.3 Å². The normalized spacial score (nSPS) is 17.4. The van der Waals surface area contributed by atoms with E-state index < -0.39 is 0 Å². The highest BCUT2D eigenvalue weighted by molar-refractivity contribution is 9.10. The Hall–Kier alpha value is -1.20. The minimum absolute atomic E-state index is 0.00256. The highest BCUT2D eigenvalue weighted by atomic mass is 79.9. The Bertz CT molecular complexity index is 540. The summed E-state index contributed by atoms with van der Waals surface area (Å²) in [6, 6.07) is 6.08. The molecular formula is C16H17BrO. The van der Waals surface area contributed by atoms with Gasteiger partial charge in [0, 0.05) is 21.9 Å². The summed E-state index contributed by atoms with van der Waals surface area (Å²) < 4.78 is 6.95. The molecule has 0 saturated carbocycles. The molecule has 1 aliphatic rings. The second-order valence-corrected chi connectivity index (χ2v) is 6.50. The molecule has 1 nitrogen and oxygen atoms in total. The van der Waals surface area contributed by atoms with Crippen LogP contribution < -0.4 is 4.74 Å². The van der Waals surface area contributed by atoms with E-state index in [2.05, 4.69) is 61.2 Å². The molecule has 0 radical (unpaired) electrons. The summed E-state index contributed by atoms with van der Waals surface area (Å²) in [6.07, 6.45) is 0.844. The second-order valence-electron chi connectivity index (χ2n) is 5.59. The van der Waals surface area contributed by atoms with Gasteiger partial charge in [-0.1, -0.05) is 34.3 Å². The summed E-state index contributed by atoms with van der Waals surface area (Å²) in [5.41, 5.74) is 2.07. The standard InChI is InChI=1S/C16H17BrO/c1-11(7-8-16(2,3)4)15-10-12-9-13(17)5-6-14(12)18-15/h5-6,9,15H,1,10H2,2-4H3. The lowest BCUT2D eigenvalue weighted by molar-refractivity contribution is 0.276. The summed E-state index contributed by atoms with van der Waals surface area (Å²) in [5.74, 6) is 7.28. The Kier molecular flexibility index (Phi) is 3.54. The molecule has 0 amide bonds. The van der Waals surface area contributed by atoms with E-state index >= 15 is 0 Å². The Morgan fingerprint density at radius 3 is 2.83 bits per heavy atom. The SMILES string of the molecule is C=C(C#CC(C)(C)C)C1Cc2cc(Br)ccc2O1. The monoisotopic (exact) mass is 304 g/mol. The van der Waals surface area contributed by atoms with E-state index in [0.717, 1.165) is 22.2 Å². The van der Waals surface area contributed by atoms with Gasteiger partial charge in [-0.05, 0) is 44.5 Å². The number of benzene rings is 1. The van der Waals surface area contributed by atoms with Crippen molar-refractivity contribution < 1.29 is 4.74 Å². The molecule has 1 aliphatic heterocycles. The first-order valence-electron chi connectivity index (χ1n) is 6.02. The van der Waals surface area contributed by atoms with Crippen LogP contribution in [0, 0.1) is 17.3 Å². The molecular weight excluding hydrogens is 288 g/mol. The maximum Gasteiger partial charge on any atom is 0.135 e. The molecule has 0 saturated heterocycles. The van der Waals surface area contributed by atoms with Gasteiger partial charge in [0.2, 0.25) is 0 Å². The molecule has 1 aromatic carbocycles. The number of halogens is 1. The van der Waals surface area contributed by atoms with Crippen LogP contribution >= 0.6 is 15.9 Å². The van der Waals surface area contributed by atoms with Gasteiger partial charge in [0.15, 0.2) is 0 Å². The first-order chi connectivity index (χ1) is 8.35. The van der Waals surface area contributed by atoms with Gasteiger partial charge in [-0.25, -0.2) is 0 Å². The maximum absolute atomic E-state index is 5.87. The summed E-state index contributed by atoms with van der Waals surface area (Å²) in [6.45, 7) is 10.3. The zero-order valence-electron chi connectivity index (χ0n) is 11.0. The second kappa shape index (κ2) is 4.82. The van der Waals surface area contributed by atoms with Crippen LogP contribution in [0.4, 0.5) is 0 Å². The smallest absolute Gasteiger partial charge is 0.135 e. The Labute approximate surface area is 117 Å². The van der Waals surface area contributed by atoms with Gasteiger partial charge >= 0.3 is 0 Å². The maximum atomic E-state index is 5.87. The molecule has 94 valence electrons. The van der Waals surface area contributed by atoms with Crippen LogP contribution in [-0.2, 0) is 6.42 Å². The van der Waals surface area contributed by atoms with Crippen molar-refractivity contribution in [1.82, 2.24) is 0 Å². The lowest BCUT2D eigenvalue weighted by Gasteiger charge is -2.11. The summed E-state index contributed by atoms with van der Waals surface area (Å²) in [7, 11) is 0. The molecule has 2 rings (SSSR count). The van der Waals surface area contributed by atoms with Gasteiger partial charge < -0.3 is 4.74 Å². The molecule has 2 heteroatoms. The van der Waals surface area contributed by atoms with Gasteiger partial charge in [0.05, 0.1) is 0 Å². The van der Waals surface area contributed by atoms with E-state index in [1.54, 1.807) is 0 Å². The summed E-state index contributed by atoms with van der Waals surface area (Å²) in [4.78, 5) is 0. The Morgan fingerprint density at radius 2 is 2.17 bits per heavy atom. The van der Waals surface area contributed by atoms with Gasteiger partial charge in [-0.15, -0.1) is 0 Å². The Morgan fingerprint density at radius 1 is 1.44 bits per heavy atom. The average molecular weight is 305 g/mol.